The number of unbranched alkanes of at least 4 members (excludes halogenated alkanes) is 1. The molecule has 3 aromatic rings. The molecule has 0 aliphatic rings. The van der Waals surface area contributed by atoms with Crippen LogP contribution in [0.15, 0.2) is 35.7 Å². The zero-order valence-corrected chi connectivity index (χ0v) is 21.2. The lowest BCUT2D eigenvalue weighted by Crippen LogP contribution is -2.35. The van der Waals surface area contributed by atoms with Gasteiger partial charge < -0.3 is 35.7 Å². The number of carbonyl (C=O) groups is 1. The van der Waals surface area contributed by atoms with E-state index in [0.717, 1.165) is 35.2 Å². The average molecular weight is 501 g/mol. The van der Waals surface area contributed by atoms with E-state index in [1.54, 1.807) is 28.4 Å². The number of hydrogen-bond donors (Lipinski definition) is 3. The Morgan fingerprint density at radius 3 is 2.26 bits per heavy atom. The summed E-state index contributed by atoms with van der Waals surface area (Å²) in [6.07, 6.45) is 2.18. The van der Waals surface area contributed by atoms with E-state index in [1.165, 1.54) is 11.5 Å². The lowest BCUT2D eigenvalue weighted by molar-refractivity contribution is -0.117. The molecule has 5 N–H and O–H groups in total. The molecule has 0 spiro atoms. The molecule has 188 valence electrons. The van der Waals surface area contributed by atoms with Crippen LogP contribution in [-0.2, 0) is 4.79 Å². The number of rotatable bonds is 12. The van der Waals surface area contributed by atoms with Crippen LogP contribution in [0.25, 0.3) is 22.4 Å². The minimum absolute atomic E-state index is 0.272. The highest BCUT2D eigenvalue weighted by Gasteiger charge is 2.20. The molecule has 1 amide bonds. The second-order valence-corrected chi connectivity index (χ2v) is 8.42. The quantitative estimate of drug-likeness (QED) is 0.319. The van der Waals surface area contributed by atoms with Crippen molar-refractivity contribution >= 4 is 23.1 Å². The van der Waals surface area contributed by atoms with E-state index in [9.17, 15) is 4.79 Å². The van der Waals surface area contributed by atoms with Gasteiger partial charge in [0.1, 0.15) is 5.75 Å². The Hall–Kier alpha value is -3.34. The summed E-state index contributed by atoms with van der Waals surface area (Å²) in [5, 5.41) is 4.86. The van der Waals surface area contributed by atoms with Gasteiger partial charge >= 0.3 is 0 Å². The van der Waals surface area contributed by atoms with Gasteiger partial charge in [-0.1, -0.05) is 12.5 Å². The topological polar surface area (TPSA) is 131 Å². The van der Waals surface area contributed by atoms with Gasteiger partial charge in [-0.05, 0) is 60.7 Å². The number of benzene rings is 2. The zero-order chi connectivity index (χ0) is 25.4. The summed E-state index contributed by atoms with van der Waals surface area (Å²) in [6, 6.07) is 8.66. The van der Waals surface area contributed by atoms with Crippen LogP contribution < -0.4 is 35.7 Å². The predicted molar refractivity (Wildman–Crippen MR) is 139 cm³/mol. The van der Waals surface area contributed by atoms with Gasteiger partial charge in [-0.25, -0.2) is 0 Å². The monoisotopic (exact) mass is 500 g/mol. The van der Waals surface area contributed by atoms with Gasteiger partial charge in [0.2, 0.25) is 11.7 Å². The van der Waals surface area contributed by atoms with Crippen LogP contribution in [0.5, 0.6) is 23.0 Å². The third-order valence-corrected chi connectivity index (χ3v) is 6.21. The van der Waals surface area contributed by atoms with Gasteiger partial charge in [0.25, 0.3) is 0 Å². The first-order valence-corrected chi connectivity index (χ1v) is 12.0. The van der Waals surface area contributed by atoms with Crippen molar-refractivity contribution < 1.29 is 23.7 Å². The van der Waals surface area contributed by atoms with Crippen molar-refractivity contribution in [3.05, 3.63) is 35.7 Å². The Morgan fingerprint density at radius 2 is 1.66 bits per heavy atom. The van der Waals surface area contributed by atoms with Crippen LogP contribution in [0.3, 0.4) is 0 Å². The van der Waals surface area contributed by atoms with Crippen molar-refractivity contribution in [1.82, 2.24) is 4.37 Å². The van der Waals surface area contributed by atoms with Crippen LogP contribution in [0, 0.1) is 0 Å². The highest BCUT2D eigenvalue weighted by atomic mass is 32.1. The number of methoxy groups -OCH3 is 4. The van der Waals surface area contributed by atoms with Gasteiger partial charge in [0.15, 0.2) is 11.5 Å². The highest BCUT2D eigenvalue weighted by Crippen LogP contribution is 2.44. The molecule has 2 aromatic carbocycles. The Balaban J connectivity index is 1.96. The first-order valence-electron chi connectivity index (χ1n) is 11.2. The fourth-order valence-electron chi connectivity index (χ4n) is 3.71. The molecule has 0 saturated carbocycles. The Bertz CT molecular complexity index is 1130. The van der Waals surface area contributed by atoms with Crippen LogP contribution in [0.1, 0.15) is 19.3 Å². The minimum Gasteiger partial charge on any atom is -0.495 e. The smallest absolute Gasteiger partial charge is 0.241 e. The van der Waals surface area contributed by atoms with Gasteiger partial charge in [-0.3, -0.25) is 4.79 Å². The summed E-state index contributed by atoms with van der Waals surface area (Å²) < 4.78 is 26.5. The summed E-state index contributed by atoms with van der Waals surface area (Å²) in [7, 11) is 6.26. The fourth-order valence-corrected chi connectivity index (χ4v) is 4.42. The van der Waals surface area contributed by atoms with Crippen molar-refractivity contribution in [2.45, 2.75) is 25.3 Å². The molecular weight excluding hydrogens is 468 g/mol. The third-order valence-electron chi connectivity index (χ3n) is 5.58. The molecule has 0 radical (unpaired) electrons. The van der Waals surface area contributed by atoms with Crippen molar-refractivity contribution in [3.8, 4) is 45.4 Å². The highest BCUT2D eigenvalue weighted by molar-refractivity contribution is 7.04. The number of nitrogens with one attached hydrogen (secondary N) is 1. The number of nitrogens with zero attached hydrogens (tertiary/aromatic N) is 1. The normalized spacial score (nSPS) is 11.6. The van der Waals surface area contributed by atoms with Gasteiger partial charge in [-0.15, -0.1) is 0 Å². The Labute approximate surface area is 209 Å². The molecule has 9 nitrogen and oxygen atoms in total. The molecule has 1 heterocycles. The predicted octanol–water partition coefficient (Wildman–Crippen LogP) is 3.91. The van der Waals surface area contributed by atoms with Crippen LogP contribution >= 0.6 is 11.5 Å². The second kappa shape index (κ2) is 12.4. The van der Waals surface area contributed by atoms with E-state index in [-0.39, 0.29) is 5.91 Å². The zero-order valence-electron chi connectivity index (χ0n) is 20.4. The maximum atomic E-state index is 12.7. The molecule has 0 fully saturated rings. The lowest BCUT2D eigenvalue weighted by atomic mass is 10.0. The van der Waals surface area contributed by atoms with Crippen molar-refractivity contribution in [2.75, 3.05) is 40.3 Å². The minimum atomic E-state index is -0.632. The average Bonchev–Trinajstić information content (AvgIpc) is 3.37. The number of aromatic nitrogens is 1. The van der Waals surface area contributed by atoms with Crippen LogP contribution in [0.2, 0.25) is 0 Å². The summed E-state index contributed by atoms with van der Waals surface area (Å²) in [5.74, 6) is 1.84. The first kappa shape index (κ1) is 26.3. The first-order chi connectivity index (χ1) is 17.0. The molecular formula is C25H32N4O5S. The fraction of sp³-hybridized carbons (Fsp3) is 0.360. The third kappa shape index (κ3) is 6.02. The van der Waals surface area contributed by atoms with Gasteiger partial charge in [0, 0.05) is 16.5 Å². The standard InChI is InChI=1S/C25H32N4O5S/c1-31-20-9-8-15(11-19(20)28-25(30)18(27)7-5-6-10-26)17-14-35-29-23(17)16-12-21(32-2)24(34-4)22(13-16)33-3/h8-9,11-14,18H,5-7,10,26-27H2,1-4H3,(H,28,30)/t18-/m1/s1. The lowest BCUT2D eigenvalue weighted by Gasteiger charge is -2.16. The van der Waals surface area contributed by atoms with E-state index < -0.39 is 6.04 Å². The Kier molecular flexibility index (Phi) is 9.30. The molecule has 1 aromatic heterocycles. The number of hydrogen-bond acceptors (Lipinski definition) is 9. The second-order valence-electron chi connectivity index (χ2n) is 7.79. The van der Waals surface area contributed by atoms with E-state index in [2.05, 4.69) is 9.69 Å². The van der Waals surface area contributed by atoms with Crippen LogP contribution in [-0.4, -0.2) is 51.3 Å². The van der Waals surface area contributed by atoms with Gasteiger partial charge in [0.05, 0.1) is 45.9 Å². The SMILES string of the molecule is COc1ccc(-c2csnc2-c2cc(OC)c(OC)c(OC)c2)cc1NC(=O)[C@H](N)CCCCN. The van der Waals surface area contributed by atoms with E-state index >= 15 is 0 Å². The van der Waals surface area contributed by atoms with Gasteiger partial charge in [-0.2, -0.15) is 4.37 Å². The molecule has 0 unspecified atom stereocenters. The molecule has 0 aliphatic heterocycles. The summed E-state index contributed by atoms with van der Waals surface area (Å²) in [6.45, 7) is 0.577. The maximum absolute atomic E-state index is 12.7. The van der Waals surface area contributed by atoms with E-state index in [1.807, 2.05) is 35.7 Å². The molecule has 0 aliphatic carbocycles. The molecule has 35 heavy (non-hydrogen) atoms. The molecule has 0 saturated heterocycles. The van der Waals surface area contributed by atoms with Crippen LogP contribution in [0.4, 0.5) is 5.69 Å². The number of nitrogens with two attached hydrogens (primary N) is 2. The van der Waals surface area contributed by atoms with Crippen molar-refractivity contribution in [3.63, 3.8) is 0 Å². The maximum Gasteiger partial charge on any atom is 0.241 e. The summed E-state index contributed by atoms with van der Waals surface area (Å²) >= 11 is 1.33. The largest absolute Gasteiger partial charge is 0.495 e. The number of anilines is 1. The number of carbonyl (C=O) groups excluding carboxylic acids is 1. The molecule has 1 atom stereocenters. The number of ether oxygens (including phenoxy) is 4. The Morgan fingerprint density at radius 1 is 0.971 bits per heavy atom. The van der Waals surface area contributed by atoms with Crippen molar-refractivity contribution in [1.29, 1.82) is 0 Å². The summed E-state index contributed by atoms with van der Waals surface area (Å²) in [4.78, 5) is 12.7. The molecule has 10 heteroatoms. The van der Waals surface area contributed by atoms with Crippen molar-refractivity contribution in [2.24, 2.45) is 11.5 Å². The molecule has 3 rings (SSSR count). The van der Waals surface area contributed by atoms with E-state index in [0.29, 0.717) is 41.7 Å². The summed E-state index contributed by atoms with van der Waals surface area (Å²) in [5.41, 5.74) is 15.4. The van der Waals surface area contributed by atoms with E-state index in [4.69, 9.17) is 30.4 Å². The molecule has 0 bridgehead atoms. The number of amides is 1.